The average molecular weight is 424 g/mol. The number of carbonyl (C=O) groups is 1. The fourth-order valence-electron chi connectivity index (χ4n) is 3.42. The Balaban J connectivity index is 1.58. The summed E-state index contributed by atoms with van der Waals surface area (Å²) in [6.45, 7) is 2.93. The molecule has 4 rings (SSSR count). The van der Waals surface area contributed by atoms with Crippen LogP contribution < -0.4 is 9.64 Å². The van der Waals surface area contributed by atoms with Crippen LogP contribution in [0.1, 0.15) is 23.6 Å². The molecular weight excluding hydrogens is 405 g/mol. The molecule has 5 heteroatoms. The molecular formula is C24H19Cl2NO2. The molecule has 3 nitrogen and oxygen atoms in total. The van der Waals surface area contributed by atoms with Crippen LogP contribution in [0.2, 0.25) is 10.0 Å². The normalized spacial score (nSPS) is 14.4. The van der Waals surface area contributed by atoms with E-state index >= 15 is 0 Å². The maximum Gasteiger partial charge on any atom is 0.258 e. The number of hydrogen-bond acceptors (Lipinski definition) is 2. The first-order valence-electron chi connectivity index (χ1n) is 9.37. The largest absolute Gasteiger partial charge is 0.487 e. The maximum atomic E-state index is 12.8. The molecule has 0 bridgehead atoms. The van der Waals surface area contributed by atoms with Gasteiger partial charge in [-0.3, -0.25) is 4.79 Å². The maximum absolute atomic E-state index is 12.8. The Hall–Kier alpha value is -2.75. The van der Waals surface area contributed by atoms with Crippen LogP contribution in [-0.4, -0.2) is 12.5 Å². The van der Waals surface area contributed by atoms with E-state index < -0.39 is 0 Å². The van der Waals surface area contributed by atoms with Crippen molar-refractivity contribution in [1.82, 2.24) is 0 Å². The Morgan fingerprint density at radius 1 is 0.966 bits per heavy atom. The van der Waals surface area contributed by atoms with Crippen molar-refractivity contribution >= 4 is 46.4 Å². The molecule has 0 aromatic heterocycles. The van der Waals surface area contributed by atoms with Crippen molar-refractivity contribution in [2.45, 2.75) is 13.5 Å². The SMILES string of the molecule is CCN1C(=O)/C(=C\c2ccc(OCc3ccccc3Cl)c(Cl)c2)c2ccccc21. The summed E-state index contributed by atoms with van der Waals surface area (Å²) in [6.07, 6.45) is 1.88. The molecule has 1 aliphatic rings. The lowest BCUT2D eigenvalue weighted by Gasteiger charge is -2.13. The number of rotatable bonds is 5. The van der Waals surface area contributed by atoms with Crippen molar-refractivity contribution in [1.29, 1.82) is 0 Å². The van der Waals surface area contributed by atoms with E-state index in [4.69, 9.17) is 27.9 Å². The summed E-state index contributed by atoms with van der Waals surface area (Å²) < 4.78 is 5.83. The van der Waals surface area contributed by atoms with E-state index in [2.05, 4.69) is 0 Å². The van der Waals surface area contributed by atoms with E-state index in [1.807, 2.05) is 73.7 Å². The summed E-state index contributed by atoms with van der Waals surface area (Å²) in [5.74, 6) is 0.575. The van der Waals surface area contributed by atoms with Gasteiger partial charge in [0.2, 0.25) is 0 Å². The molecule has 29 heavy (non-hydrogen) atoms. The lowest BCUT2D eigenvalue weighted by Crippen LogP contribution is -2.25. The highest BCUT2D eigenvalue weighted by Gasteiger charge is 2.30. The predicted molar refractivity (Wildman–Crippen MR) is 120 cm³/mol. The van der Waals surface area contributed by atoms with Gasteiger partial charge in [-0.15, -0.1) is 0 Å². The van der Waals surface area contributed by atoms with Gasteiger partial charge >= 0.3 is 0 Å². The van der Waals surface area contributed by atoms with E-state index in [0.29, 0.717) is 34.5 Å². The smallest absolute Gasteiger partial charge is 0.258 e. The number of amides is 1. The van der Waals surface area contributed by atoms with Gasteiger partial charge in [-0.1, -0.05) is 65.7 Å². The summed E-state index contributed by atoms with van der Waals surface area (Å²) in [7, 11) is 0. The van der Waals surface area contributed by atoms with Gasteiger partial charge in [0.1, 0.15) is 12.4 Å². The van der Waals surface area contributed by atoms with Crippen molar-refractivity contribution in [3.63, 3.8) is 0 Å². The Morgan fingerprint density at radius 3 is 2.48 bits per heavy atom. The third kappa shape index (κ3) is 3.89. The number of likely N-dealkylation sites (N-methyl/N-ethyl adjacent to an activating group) is 1. The van der Waals surface area contributed by atoms with Gasteiger partial charge in [-0.2, -0.15) is 0 Å². The van der Waals surface area contributed by atoms with E-state index in [1.165, 1.54) is 0 Å². The Labute approximate surface area is 180 Å². The molecule has 3 aromatic rings. The first kappa shape index (κ1) is 19.6. The minimum atomic E-state index is 0.00358. The highest BCUT2D eigenvalue weighted by Crippen LogP contribution is 2.38. The van der Waals surface area contributed by atoms with Crippen LogP contribution in [0.4, 0.5) is 5.69 Å². The van der Waals surface area contributed by atoms with E-state index in [9.17, 15) is 4.79 Å². The number of benzene rings is 3. The Morgan fingerprint density at radius 2 is 1.72 bits per heavy atom. The third-order valence-electron chi connectivity index (χ3n) is 4.88. The molecule has 1 amide bonds. The Bertz CT molecular complexity index is 1110. The van der Waals surface area contributed by atoms with E-state index in [-0.39, 0.29) is 5.91 Å². The molecule has 146 valence electrons. The van der Waals surface area contributed by atoms with Crippen molar-refractivity contribution in [3.05, 3.63) is 93.5 Å². The van der Waals surface area contributed by atoms with Crippen LogP contribution in [0.15, 0.2) is 66.7 Å². The molecule has 0 fully saturated rings. The quantitative estimate of drug-likeness (QED) is 0.439. The predicted octanol–water partition coefficient (Wildman–Crippen LogP) is 6.48. The first-order valence-corrected chi connectivity index (χ1v) is 10.1. The van der Waals surface area contributed by atoms with Gasteiger partial charge in [0, 0.05) is 28.3 Å². The minimum Gasteiger partial charge on any atom is -0.487 e. The second-order valence-electron chi connectivity index (χ2n) is 6.69. The van der Waals surface area contributed by atoms with Gasteiger partial charge in [0.15, 0.2) is 0 Å². The van der Waals surface area contributed by atoms with Crippen LogP contribution >= 0.6 is 23.2 Å². The van der Waals surface area contributed by atoms with Crippen LogP contribution in [0.25, 0.3) is 11.6 Å². The highest BCUT2D eigenvalue weighted by molar-refractivity contribution is 6.36. The summed E-state index contributed by atoms with van der Waals surface area (Å²) in [5.41, 5.74) is 4.29. The molecule has 0 aliphatic carbocycles. The second-order valence-corrected chi connectivity index (χ2v) is 7.51. The molecule has 3 aromatic carbocycles. The van der Waals surface area contributed by atoms with E-state index in [1.54, 1.807) is 11.0 Å². The van der Waals surface area contributed by atoms with Crippen LogP contribution in [-0.2, 0) is 11.4 Å². The topological polar surface area (TPSA) is 29.5 Å². The summed E-state index contributed by atoms with van der Waals surface area (Å²) >= 11 is 12.6. The van der Waals surface area contributed by atoms with Crippen LogP contribution in [0.5, 0.6) is 5.75 Å². The summed E-state index contributed by atoms with van der Waals surface area (Å²) in [5, 5.41) is 1.14. The number of fused-ring (bicyclic) bond motifs is 1. The van der Waals surface area contributed by atoms with Gasteiger partial charge in [-0.05, 0) is 42.8 Å². The molecule has 0 unspecified atom stereocenters. The monoisotopic (exact) mass is 423 g/mol. The zero-order valence-electron chi connectivity index (χ0n) is 15.9. The zero-order chi connectivity index (χ0) is 20.4. The lowest BCUT2D eigenvalue weighted by molar-refractivity contribution is -0.112. The second kappa shape index (κ2) is 8.32. The van der Waals surface area contributed by atoms with Crippen molar-refractivity contribution in [3.8, 4) is 5.75 Å². The number of nitrogens with zero attached hydrogens (tertiary/aromatic N) is 1. The van der Waals surface area contributed by atoms with Crippen molar-refractivity contribution in [2.24, 2.45) is 0 Å². The average Bonchev–Trinajstić information content (AvgIpc) is 2.99. The molecule has 0 saturated heterocycles. The third-order valence-corrected chi connectivity index (χ3v) is 5.55. The number of carbonyl (C=O) groups excluding carboxylic acids is 1. The van der Waals surface area contributed by atoms with Gasteiger partial charge < -0.3 is 9.64 Å². The number of ether oxygens (including phenoxy) is 1. The molecule has 1 heterocycles. The first-order chi connectivity index (χ1) is 14.1. The minimum absolute atomic E-state index is 0.00358. The van der Waals surface area contributed by atoms with Crippen LogP contribution in [0.3, 0.4) is 0 Å². The Kier molecular flexibility index (Phi) is 5.61. The molecule has 0 N–H and O–H groups in total. The standard InChI is InChI=1S/C24H19Cl2NO2/c1-2-27-22-10-6-4-8-18(22)19(24(27)28)13-16-11-12-23(21(26)14-16)29-15-17-7-3-5-9-20(17)25/h3-14H,2,15H2,1H3/b19-13-. The lowest BCUT2D eigenvalue weighted by atomic mass is 10.0. The van der Waals surface area contributed by atoms with Gasteiger partial charge in [0.05, 0.1) is 10.7 Å². The fraction of sp³-hybridized carbons (Fsp3) is 0.125. The van der Waals surface area contributed by atoms with Crippen molar-refractivity contribution in [2.75, 3.05) is 11.4 Å². The van der Waals surface area contributed by atoms with Gasteiger partial charge in [-0.25, -0.2) is 0 Å². The number of halogens is 2. The molecule has 0 radical (unpaired) electrons. The summed E-state index contributed by atoms with van der Waals surface area (Å²) in [6, 6.07) is 20.9. The fourth-order valence-corrected chi connectivity index (χ4v) is 3.86. The molecule has 0 atom stereocenters. The van der Waals surface area contributed by atoms with Crippen LogP contribution in [0, 0.1) is 0 Å². The number of para-hydroxylation sites is 1. The number of anilines is 1. The zero-order valence-corrected chi connectivity index (χ0v) is 17.4. The highest BCUT2D eigenvalue weighted by atomic mass is 35.5. The molecule has 0 spiro atoms. The molecule has 0 saturated carbocycles. The van der Waals surface area contributed by atoms with Gasteiger partial charge in [0.25, 0.3) is 5.91 Å². The summed E-state index contributed by atoms with van der Waals surface area (Å²) in [4.78, 5) is 14.6. The molecule has 1 aliphatic heterocycles. The van der Waals surface area contributed by atoms with Crippen molar-refractivity contribution < 1.29 is 9.53 Å². The van der Waals surface area contributed by atoms with E-state index in [0.717, 1.165) is 22.4 Å². The number of hydrogen-bond donors (Lipinski definition) is 0.